The van der Waals surface area contributed by atoms with Gasteiger partial charge in [-0.2, -0.15) is 5.26 Å². The summed E-state index contributed by atoms with van der Waals surface area (Å²) in [5.74, 6) is -1.55. The van der Waals surface area contributed by atoms with Crippen molar-refractivity contribution in [2.24, 2.45) is 23.2 Å². The Balaban J connectivity index is 2.16. The van der Waals surface area contributed by atoms with Crippen LogP contribution in [-0.2, 0) is 20.0 Å². The minimum Gasteiger partial charge on any atom is -0.384 e. The van der Waals surface area contributed by atoms with Crippen molar-refractivity contribution in [3.8, 4) is 6.07 Å². The standard InChI is InChI=1S/C26H36ClN3O4/c1-16(2)12-18(24(33)30-21(15-28)13-17-10-11-29-23(17)32)14-22(31)25(3,4)26(5,34)19-6-8-20(27)9-7-19/h6-9,16-18,21,34H,10-14H2,1-5H3,(H,29,32)(H,30,33)/t17-,18+,21-,26-/m0/s1. The van der Waals surface area contributed by atoms with Gasteiger partial charge in [0.1, 0.15) is 11.8 Å². The second-order valence-electron chi connectivity index (χ2n) is 10.4. The Morgan fingerprint density at radius 2 is 1.88 bits per heavy atom. The average molecular weight is 490 g/mol. The monoisotopic (exact) mass is 489 g/mol. The van der Waals surface area contributed by atoms with Crippen molar-refractivity contribution in [2.75, 3.05) is 6.54 Å². The number of halogens is 1. The van der Waals surface area contributed by atoms with Crippen LogP contribution in [0.15, 0.2) is 24.3 Å². The lowest BCUT2D eigenvalue weighted by molar-refractivity contribution is -0.146. The SMILES string of the molecule is CC(C)C[C@H](CC(=O)C(C)(C)[C@@](C)(O)c1ccc(Cl)cc1)C(=O)N[C@H](C#N)C[C@@H]1CCNC1=O. The van der Waals surface area contributed by atoms with Crippen LogP contribution in [0.1, 0.15) is 65.9 Å². The smallest absolute Gasteiger partial charge is 0.224 e. The third-order valence-electron chi connectivity index (χ3n) is 7.03. The first-order chi connectivity index (χ1) is 15.8. The summed E-state index contributed by atoms with van der Waals surface area (Å²) < 4.78 is 0. The van der Waals surface area contributed by atoms with Gasteiger partial charge in [-0.25, -0.2) is 0 Å². The summed E-state index contributed by atoms with van der Waals surface area (Å²) >= 11 is 5.97. The van der Waals surface area contributed by atoms with Crippen molar-refractivity contribution in [3.05, 3.63) is 34.9 Å². The second kappa shape index (κ2) is 11.3. The first kappa shape index (κ1) is 27.8. The van der Waals surface area contributed by atoms with E-state index in [1.165, 1.54) is 0 Å². The Hall–Kier alpha value is -2.43. The predicted molar refractivity (Wildman–Crippen MR) is 131 cm³/mol. The Morgan fingerprint density at radius 3 is 2.38 bits per heavy atom. The van der Waals surface area contributed by atoms with Crippen LogP contribution in [-0.4, -0.2) is 35.3 Å². The molecule has 0 saturated carbocycles. The minimum atomic E-state index is -1.49. The summed E-state index contributed by atoms with van der Waals surface area (Å²) in [6, 6.07) is 7.96. The molecular formula is C26H36ClN3O4. The molecule has 34 heavy (non-hydrogen) atoms. The molecule has 1 aromatic rings. The van der Waals surface area contributed by atoms with E-state index in [1.807, 2.05) is 13.8 Å². The van der Waals surface area contributed by atoms with Gasteiger partial charge in [0.15, 0.2) is 0 Å². The summed E-state index contributed by atoms with van der Waals surface area (Å²) in [5.41, 5.74) is -2.12. The Bertz CT molecular complexity index is 934. The molecule has 0 spiro atoms. The number of Topliss-reactive ketones (excluding diaryl/α,β-unsaturated/α-hetero) is 1. The average Bonchev–Trinajstić information content (AvgIpc) is 3.16. The molecule has 1 heterocycles. The van der Waals surface area contributed by atoms with Crippen LogP contribution in [0.2, 0.25) is 5.02 Å². The third kappa shape index (κ3) is 6.58. The zero-order valence-electron chi connectivity index (χ0n) is 20.7. The highest BCUT2D eigenvalue weighted by atomic mass is 35.5. The summed E-state index contributed by atoms with van der Waals surface area (Å²) in [4.78, 5) is 38.4. The molecule has 2 amide bonds. The quantitative estimate of drug-likeness (QED) is 0.437. The number of ketones is 1. The van der Waals surface area contributed by atoms with Gasteiger partial charge < -0.3 is 15.7 Å². The molecule has 1 saturated heterocycles. The number of hydrogen-bond donors (Lipinski definition) is 3. The number of rotatable bonds is 11. The first-order valence-corrected chi connectivity index (χ1v) is 12.2. The number of carbonyl (C=O) groups is 3. The predicted octanol–water partition coefficient (Wildman–Crippen LogP) is 3.73. The van der Waals surface area contributed by atoms with Crippen LogP contribution in [0.3, 0.4) is 0 Å². The molecular weight excluding hydrogens is 454 g/mol. The van der Waals surface area contributed by atoms with E-state index >= 15 is 0 Å². The molecule has 8 heteroatoms. The lowest BCUT2D eigenvalue weighted by Gasteiger charge is -2.40. The molecule has 1 aliphatic rings. The van der Waals surface area contributed by atoms with E-state index in [0.29, 0.717) is 30.0 Å². The Kier molecular flexibility index (Phi) is 9.27. The van der Waals surface area contributed by atoms with E-state index in [-0.39, 0.29) is 42.3 Å². The molecule has 1 aromatic carbocycles. The maximum Gasteiger partial charge on any atom is 0.224 e. The first-order valence-electron chi connectivity index (χ1n) is 11.8. The van der Waals surface area contributed by atoms with E-state index < -0.39 is 23.0 Å². The fraction of sp³-hybridized carbons (Fsp3) is 0.615. The third-order valence-corrected chi connectivity index (χ3v) is 7.29. The van der Waals surface area contributed by atoms with Crippen LogP contribution in [0, 0.1) is 34.5 Å². The van der Waals surface area contributed by atoms with Crippen LogP contribution < -0.4 is 10.6 Å². The highest BCUT2D eigenvalue weighted by Crippen LogP contribution is 2.42. The molecule has 0 unspecified atom stereocenters. The van der Waals surface area contributed by atoms with E-state index in [4.69, 9.17) is 11.6 Å². The number of carbonyl (C=O) groups excluding carboxylic acids is 3. The molecule has 0 bridgehead atoms. The van der Waals surface area contributed by atoms with Gasteiger partial charge in [0, 0.05) is 29.8 Å². The maximum atomic E-state index is 13.4. The van der Waals surface area contributed by atoms with Gasteiger partial charge in [-0.1, -0.05) is 37.6 Å². The van der Waals surface area contributed by atoms with Crippen molar-refractivity contribution >= 4 is 29.2 Å². The van der Waals surface area contributed by atoms with Crippen molar-refractivity contribution in [2.45, 2.75) is 71.9 Å². The van der Waals surface area contributed by atoms with Crippen molar-refractivity contribution in [1.29, 1.82) is 5.26 Å². The summed E-state index contributed by atoms with van der Waals surface area (Å²) in [5, 5.41) is 26.9. The van der Waals surface area contributed by atoms with Gasteiger partial charge in [0.05, 0.1) is 17.1 Å². The van der Waals surface area contributed by atoms with Gasteiger partial charge >= 0.3 is 0 Å². The summed E-state index contributed by atoms with van der Waals surface area (Å²) in [6.45, 7) is 9.43. The number of nitrogens with zero attached hydrogens (tertiary/aromatic N) is 1. The lowest BCUT2D eigenvalue weighted by atomic mass is 9.67. The van der Waals surface area contributed by atoms with Crippen molar-refractivity contribution < 1.29 is 19.5 Å². The number of hydrogen-bond acceptors (Lipinski definition) is 5. The van der Waals surface area contributed by atoms with Crippen LogP contribution in [0.5, 0.6) is 0 Å². The van der Waals surface area contributed by atoms with Crippen LogP contribution in [0.25, 0.3) is 0 Å². The number of nitriles is 1. The molecule has 7 nitrogen and oxygen atoms in total. The molecule has 0 aliphatic carbocycles. The Labute approximate surface area is 207 Å². The van der Waals surface area contributed by atoms with Crippen LogP contribution >= 0.6 is 11.6 Å². The van der Waals surface area contributed by atoms with E-state index in [9.17, 15) is 24.8 Å². The number of nitrogens with one attached hydrogen (secondary N) is 2. The molecule has 2 rings (SSSR count). The van der Waals surface area contributed by atoms with Crippen molar-refractivity contribution in [3.63, 3.8) is 0 Å². The van der Waals surface area contributed by atoms with Gasteiger partial charge in [-0.15, -0.1) is 0 Å². The normalized spacial score (nSPS) is 19.6. The largest absolute Gasteiger partial charge is 0.384 e. The molecule has 0 aromatic heterocycles. The van der Waals surface area contributed by atoms with Gasteiger partial charge in [0.25, 0.3) is 0 Å². The molecule has 3 N–H and O–H groups in total. The molecule has 0 radical (unpaired) electrons. The molecule has 4 atom stereocenters. The number of benzene rings is 1. The minimum absolute atomic E-state index is 0.0667. The van der Waals surface area contributed by atoms with E-state index in [1.54, 1.807) is 45.0 Å². The molecule has 186 valence electrons. The topological polar surface area (TPSA) is 119 Å². The number of aliphatic hydroxyl groups is 1. The zero-order valence-corrected chi connectivity index (χ0v) is 21.4. The van der Waals surface area contributed by atoms with Gasteiger partial charge in [-0.05, 0) is 63.6 Å². The molecule has 1 aliphatic heterocycles. The lowest BCUT2D eigenvalue weighted by Crippen LogP contribution is -2.47. The fourth-order valence-corrected chi connectivity index (χ4v) is 4.45. The van der Waals surface area contributed by atoms with E-state index in [2.05, 4.69) is 16.7 Å². The second-order valence-corrected chi connectivity index (χ2v) is 10.8. The molecule has 1 fully saturated rings. The summed E-state index contributed by atoms with van der Waals surface area (Å²) in [6.07, 6.45) is 1.27. The highest BCUT2D eigenvalue weighted by Gasteiger charge is 2.47. The maximum absolute atomic E-state index is 13.4. The highest BCUT2D eigenvalue weighted by molar-refractivity contribution is 6.30. The van der Waals surface area contributed by atoms with Gasteiger partial charge in [0.2, 0.25) is 11.8 Å². The zero-order chi connectivity index (χ0) is 25.7. The fourth-order valence-electron chi connectivity index (χ4n) is 4.33. The van der Waals surface area contributed by atoms with Crippen LogP contribution in [0.4, 0.5) is 0 Å². The number of amides is 2. The van der Waals surface area contributed by atoms with Crippen molar-refractivity contribution in [1.82, 2.24) is 10.6 Å². The van der Waals surface area contributed by atoms with E-state index in [0.717, 1.165) is 0 Å². The summed E-state index contributed by atoms with van der Waals surface area (Å²) in [7, 11) is 0. The van der Waals surface area contributed by atoms with Gasteiger partial charge in [-0.3, -0.25) is 14.4 Å². The Morgan fingerprint density at radius 1 is 1.26 bits per heavy atom.